The second kappa shape index (κ2) is 21.3. The van der Waals surface area contributed by atoms with Crippen LogP contribution in [0.25, 0.3) is 0 Å². The number of aliphatic hydroxyl groups is 2. The van der Waals surface area contributed by atoms with Crippen molar-refractivity contribution in [3.63, 3.8) is 0 Å². The van der Waals surface area contributed by atoms with Crippen LogP contribution in [0, 0.1) is 23.7 Å². The molecule has 20 atom stereocenters. The molecule has 2 bridgehead atoms. The molecule has 1 aliphatic carbocycles. The van der Waals surface area contributed by atoms with E-state index in [-0.39, 0.29) is 61.2 Å². The minimum atomic E-state index is -1.81. The Balaban J connectivity index is 1.16. The predicted molar refractivity (Wildman–Crippen MR) is 243 cm³/mol. The minimum Gasteiger partial charge on any atom is -0.462 e. The highest BCUT2D eigenvalue weighted by Crippen LogP contribution is 2.48. The molecule has 6 aliphatic heterocycles. The van der Waals surface area contributed by atoms with E-state index in [9.17, 15) is 15.0 Å². The van der Waals surface area contributed by atoms with E-state index >= 15 is 0 Å². The third-order valence-corrected chi connectivity index (χ3v) is 15.5. The summed E-state index contributed by atoms with van der Waals surface area (Å²) in [5.74, 6) is -2.05. The number of esters is 1. The maximum absolute atomic E-state index is 14.4. The Labute approximate surface area is 388 Å². The summed E-state index contributed by atoms with van der Waals surface area (Å²) in [6.45, 7) is 20.9. The Morgan fingerprint density at radius 2 is 1.63 bits per heavy atom. The van der Waals surface area contributed by atoms with Gasteiger partial charge < -0.3 is 62.9 Å². The standard InChI is InChI=1S/C51H81NO13/c1-13-28(4)46-31(7)19-20-50(65-46)25-37-22-36(64-50)18-17-30(6)45(29(5)15-14-16-35-26-58-48-44(53)32(8)21-38(49(54)61-37)51(35,48)55)62-42-24-40(57-12)47(34(10)60-42)63-41-23-39(56-11)43(33(9)59-41)52-27(2)3/h14-17,21,27-29,31,33-34,36-48,52-53,55H,13,18-20,22-26H2,1-12H3/b15-14+,30-17+,35-16+/t28?,29-,31-,33-,34-,36?,37?,38-,39-,40-,41-,42-,43+,44+,45-,46+,47-,48?,50?,51+/m0/s1. The predicted octanol–water partition coefficient (Wildman–Crippen LogP) is 6.61. The van der Waals surface area contributed by atoms with Gasteiger partial charge in [0.15, 0.2) is 18.4 Å². The zero-order chi connectivity index (χ0) is 47.0. The zero-order valence-corrected chi connectivity index (χ0v) is 41.1. The van der Waals surface area contributed by atoms with Gasteiger partial charge in [-0.05, 0) is 69.1 Å². The van der Waals surface area contributed by atoms with Crippen LogP contribution in [0.3, 0.4) is 0 Å². The van der Waals surface area contributed by atoms with E-state index in [0.717, 1.165) is 18.4 Å². The first-order chi connectivity index (χ1) is 30.9. The third kappa shape index (κ3) is 10.9. The molecule has 5 fully saturated rings. The summed E-state index contributed by atoms with van der Waals surface area (Å²) in [6.07, 6.45) is 8.66. The molecule has 0 saturated carbocycles. The van der Waals surface area contributed by atoms with Gasteiger partial charge in [0.1, 0.15) is 35.9 Å². The molecular formula is C51H81NO13. The van der Waals surface area contributed by atoms with Crippen LogP contribution in [-0.2, 0) is 52.2 Å². The number of carbonyl (C=O) groups is 1. The van der Waals surface area contributed by atoms with Gasteiger partial charge in [0.05, 0.1) is 55.4 Å². The second-order valence-electron chi connectivity index (χ2n) is 20.7. The number of allylic oxidation sites excluding steroid dienone is 2. The van der Waals surface area contributed by atoms with Gasteiger partial charge in [-0.2, -0.15) is 0 Å². The van der Waals surface area contributed by atoms with Gasteiger partial charge in [0, 0.05) is 58.3 Å². The number of methoxy groups -OCH3 is 2. The summed E-state index contributed by atoms with van der Waals surface area (Å²) in [6, 6.07) is 0.319. The highest BCUT2D eigenvalue weighted by molar-refractivity contribution is 5.78. The average molecular weight is 916 g/mol. The van der Waals surface area contributed by atoms with Crippen LogP contribution in [0.15, 0.2) is 47.1 Å². The number of aliphatic hydroxyl groups excluding tert-OH is 1. The topological polar surface area (TPSA) is 162 Å². The lowest BCUT2D eigenvalue weighted by molar-refractivity contribution is -0.340. The van der Waals surface area contributed by atoms with Crippen molar-refractivity contribution in [1.82, 2.24) is 5.32 Å². The summed E-state index contributed by atoms with van der Waals surface area (Å²) < 4.78 is 65.2. The fourth-order valence-electron chi connectivity index (χ4n) is 11.6. The zero-order valence-electron chi connectivity index (χ0n) is 41.1. The van der Waals surface area contributed by atoms with E-state index in [1.807, 2.05) is 26.0 Å². The Morgan fingerprint density at radius 1 is 0.923 bits per heavy atom. The molecule has 65 heavy (non-hydrogen) atoms. The van der Waals surface area contributed by atoms with Crippen LogP contribution in [-0.4, -0.2) is 140 Å². The van der Waals surface area contributed by atoms with Crippen LogP contribution in [0.5, 0.6) is 0 Å². The van der Waals surface area contributed by atoms with Crippen molar-refractivity contribution in [2.45, 2.75) is 224 Å². The lowest BCUT2D eigenvalue weighted by atomic mass is 9.71. The lowest BCUT2D eigenvalue weighted by Crippen LogP contribution is -2.59. The molecule has 7 rings (SSSR count). The van der Waals surface area contributed by atoms with Crippen molar-refractivity contribution < 1.29 is 62.4 Å². The second-order valence-corrected chi connectivity index (χ2v) is 20.7. The smallest absolute Gasteiger partial charge is 0.316 e. The van der Waals surface area contributed by atoms with Crippen LogP contribution >= 0.6 is 0 Å². The van der Waals surface area contributed by atoms with Crippen LogP contribution in [0.4, 0.5) is 0 Å². The summed E-state index contributed by atoms with van der Waals surface area (Å²) in [5, 5.41) is 27.4. The van der Waals surface area contributed by atoms with Gasteiger partial charge in [-0.3, -0.25) is 4.79 Å². The Kier molecular flexibility index (Phi) is 16.7. The molecule has 0 aromatic heterocycles. The minimum absolute atomic E-state index is 0.00108. The van der Waals surface area contributed by atoms with Gasteiger partial charge in [-0.1, -0.05) is 78.3 Å². The van der Waals surface area contributed by atoms with Crippen molar-refractivity contribution in [2.75, 3.05) is 20.8 Å². The summed E-state index contributed by atoms with van der Waals surface area (Å²) in [7, 11) is 3.43. The molecule has 368 valence electrons. The molecule has 7 aliphatic rings. The first-order valence-corrected chi connectivity index (χ1v) is 24.6. The van der Waals surface area contributed by atoms with Crippen molar-refractivity contribution in [3.05, 3.63) is 47.1 Å². The molecule has 0 aromatic rings. The van der Waals surface area contributed by atoms with Gasteiger partial charge >= 0.3 is 5.97 Å². The number of fused-ring (bicyclic) bond motifs is 2. The molecule has 5 unspecified atom stereocenters. The van der Waals surface area contributed by atoms with Crippen LogP contribution < -0.4 is 5.32 Å². The largest absolute Gasteiger partial charge is 0.462 e. The van der Waals surface area contributed by atoms with Crippen molar-refractivity contribution in [3.8, 4) is 0 Å². The Hall–Kier alpha value is -2.05. The monoisotopic (exact) mass is 916 g/mol. The van der Waals surface area contributed by atoms with E-state index in [0.29, 0.717) is 61.5 Å². The number of carbonyl (C=O) groups excluding carboxylic acids is 1. The first kappa shape index (κ1) is 50.8. The van der Waals surface area contributed by atoms with E-state index in [4.69, 9.17) is 47.4 Å². The summed E-state index contributed by atoms with van der Waals surface area (Å²) in [5.41, 5.74) is 0.233. The highest BCUT2D eigenvalue weighted by Gasteiger charge is 2.60. The first-order valence-electron chi connectivity index (χ1n) is 24.6. The molecule has 6 heterocycles. The maximum Gasteiger partial charge on any atom is 0.316 e. The normalized spacial score (nSPS) is 47.8. The molecular weight excluding hydrogens is 835 g/mol. The molecule has 14 heteroatoms. The van der Waals surface area contributed by atoms with Crippen molar-refractivity contribution in [1.29, 1.82) is 0 Å². The van der Waals surface area contributed by atoms with Crippen LogP contribution in [0.1, 0.15) is 121 Å². The number of ether oxygens (including phenoxy) is 10. The van der Waals surface area contributed by atoms with Gasteiger partial charge in [-0.25, -0.2) is 0 Å². The van der Waals surface area contributed by atoms with Gasteiger partial charge in [0.25, 0.3) is 0 Å². The molecule has 3 N–H and O–H groups in total. The Bertz CT molecular complexity index is 1750. The number of hydrogen-bond acceptors (Lipinski definition) is 14. The van der Waals surface area contributed by atoms with Gasteiger partial charge in [0.2, 0.25) is 0 Å². The fraction of sp³-hybridized carbons (Fsp3) is 0.824. The molecule has 0 amide bonds. The molecule has 0 radical (unpaired) electrons. The van der Waals surface area contributed by atoms with E-state index in [1.165, 1.54) is 0 Å². The SMILES string of the molecule is CCC(C)[C@H]1OC2(CC[C@@H]1C)CC1CC(C/C=C(\C)[C@@H](O[C@H]3C[C@H](OC)[C@@H](O[C@H]4C[C@H](OC)[C@H](NC(C)C)[C@H](C)O4)[C@H](C)O3)[C@@H](C)/C=C/C=C3\COC4[C@H](O)C(C)=C[C@@H](C(=O)O1)[C@]34O)O2. The van der Waals surface area contributed by atoms with Gasteiger partial charge in [-0.15, -0.1) is 0 Å². The Morgan fingerprint density at radius 3 is 2.34 bits per heavy atom. The van der Waals surface area contributed by atoms with E-state index in [1.54, 1.807) is 33.3 Å². The quantitative estimate of drug-likeness (QED) is 0.159. The highest BCUT2D eigenvalue weighted by atomic mass is 16.7. The molecule has 0 aromatic carbocycles. The molecule has 1 spiro atoms. The molecule has 14 nitrogen and oxygen atoms in total. The van der Waals surface area contributed by atoms with Crippen LogP contribution in [0.2, 0.25) is 0 Å². The molecule has 5 saturated heterocycles. The van der Waals surface area contributed by atoms with E-state index in [2.05, 4.69) is 59.9 Å². The maximum atomic E-state index is 14.4. The summed E-state index contributed by atoms with van der Waals surface area (Å²) in [4.78, 5) is 14.4. The number of hydrogen-bond donors (Lipinski definition) is 3. The average Bonchev–Trinajstić information content (AvgIpc) is 3.61. The lowest BCUT2D eigenvalue weighted by Gasteiger charge is -2.51. The summed E-state index contributed by atoms with van der Waals surface area (Å²) >= 11 is 0. The van der Waals surface area contributed by atoms with Crippen molar-refractivity contribution in [2.24, 2.45) is 23.7 Å². The fourth-order valence-corrected chi connectivity index (χ4v) is 11.6. The number of rotatable bonds is 10. The van der Waals surface area contributed by atoms with E-state index < -0.39 is 66.4 Å². The number of nitrogens with one attached hydrogen (secondary N) is 1. The van der Waals surface area contributed by atoms with Crippen molar-refractivity contribution >= 4 is 5.97 Å². The third-order valence-electron chi connectivity index (χ3n) is 15.5.